The first-order valence-electron chi connectivity index (χ1n) is 6.84. The Hall–Kier alpha value is -1.27. The van der Waals surface area contributed by atoms with Crippen LogP contribution in [0.25, 0.3) is 0 Å². The quantitative estimate of drug-likeness (QED) is 0.833. The van der Waals surface area contributed by atoms with Gasteiger partial charge in [-0.05, 0) is 37.1 Å². The fourth-order valence-corrected chi connectivity index (χ4v) is 3.35. The zero-order valence-corrected chi connectivity index (χ0v) is 14.0. The van der Waals surface area contributed by atoms with Crippen molar-refractivity contribution < 1.29 is 13.2 Å². The number of nitrogens with one attached hydrogen (secondary N) is 1. The number of hydrogen-bond donors (Lipinski definition) is 1. The first-order valence-corrected chi connectivity index (χ1v) is 9.06. The van der Waals surface area contributed by atoms with E-state index in [1.165, 1.54) is 0 Å². The van der Waals surface area contributed by atoms with Gasteiger partial charge in [0.15, 0.2) is 0 Å². The van der Waals surface area contributed by atoms with Gasteiger partial charge < -0.3 is 5.32 Å². The maximum absolute atomic E-state index is 12.2. The van der Waals surface area contributed by atoms with Crippen molar-refractivity contribution in [2.45, 2.75) is 32.7 Å². The summed E-state index contributed by atoms with van der Waals surface area (Å²) >= 11 is 5.83. The Morgan fingerprint density at radius 3 is 2.29 bits per heavy atom. The lowest BCUT2D eigenvalue weighted by Gasteiger charge is -2.30. The Balaban J connectivity index is 3.17. The Morgan fingerprint density at radius 1 is 1.29 bits per heavy atom. The molecule has 0 spiro atoms. The number of sulfonamides is 1. The molecule has 1 N–H and O–H groups in total. The number of amides is 1. The molecule has 1 aromatic carbocycles. The van der Waals surface area contributed by atoms with Gasteiger partial charge in [0.2, 0.25) is 15.9 Å². The smallest absolute Gasteiger partial charge is 0.243 e. The summed E-state index contributed by atoms with van der Waals surface area (Å²) in [4.78, 5) is 12.2. The second-order valence-electron chi connectivity index (χ2n) is 4.75. The third-order valence-electron chi connectivity index (χ3n) is 2.96. The van der Waals surface area contributed by atoms with E-state index in [0.29, 0.717) is 23.7 Å². The highest BCUT2D eigenvalue weighted by molar-refractivity contribution is 7.92. The van der Waals surface area contributed by atoms with Crippen molar-refractivity contribution in [1.82, 2.24) is 5.32 Å². The third kappa shape index (κ3) is 4.89. The predicted octanol–water partition coefficient (Wildman–Crippen LogP) is 2.41. The van der Waals surface area contributed by atoms with Gasteiger partial charge in [-0.2, -0.15) is 0 Å². The lowest BCUT2D eigenvalue weighted by atomic mass is 10.2. The molecule has 5 nitrogen and oxygen atoms in total. The van der Waals surface area contributed by atoms with E-state index in [1.54, 1.807) is 31.2 Å². The van der Waals surface area contributed by atoms with E-state index in [1.807, 2.05) is 6.92 Å². The molecule has 118 valence electrons. The van der Waals surface area contributed by atoms with Crippen LogP contribution in [0.2, 0.25) is 5.02 Å². The van der Waals surface area contributed by atoms with Crippen molar-refractivity contribution >= 4 is 33.2 Å². The topological polar surface area (TPSA) is 66.5 Å². The molecule has 7 heteroatoms. The van der Waals surface area contributed by atoms with Gasteiger partial charge >= 0.3 is 0 Å². The van der Waals surface area contributed by atoms with Gasteiger partial charge in [0.25, 0.3) is 0 Å². The summed E-state index contributed by atoms with van der Waals surface area (Å²) in [5.74, 6) is -0.292. The highest BCUT2D eigenvalue weighted by Crippen LogP contribution is 2.24. The zero-order valence-electron chi connectivity index (χ0n) is 12.5. The maximum atomic E-state index is 12.2. The van der Waals surface area contributed by atoms with Crippen molar-refractivity contribution in [2.75, 3.05) is 17.1 Å². The predicted molar refractivity (Wildman–Crippen MR) is 86.2 cm³/mol. The van der Waals surface area contributed by atoms with E-state index in [4.69, 9.17) is 11.6 Å². The van der Waals surface area contributed by atoms with Crippen LogP contribution in [-0.4, -0.2) is 33.2 Å². The summed E-state index contributed by atoms with van der Waals surface area (Å²) in [6.07, 6.45) is 2.27. The number of rotatable bonds is 7. The third-order valence-corrected chi connectivity index (χ3v) is 4.39. The van der Waals surface area contributed by atoms with Gasteiger partial charge in [-0.3, -0.25) is 9.10 Å². The van der Waals surface area contributed by atoms with Crippen molar-refractivity contribution in [3.8, 4) is 0 Å². The summed E-state index contributed by atoms with van der Waals surface area (Å²) in [6.45, 7) is 4.24. The van der Waals surface area contributed by atoms with Gasteiger partial charge in [-0.15, -0.1) is 0 Å². The molecule has 0 aliphatic heterocycles. The highest BCUT2D eigenvalue weighted by Gasteiger charge is 2.31. The molecule has 0 radical (unpaired) electrons. The molecule has 0 bridgehead atoms. The second kappa shape index (κ2) is 7.66. The minimum absolute atomic E-state index is 0.292. The number of benzene rings is 1. The summed E-state index contributed by atoms with van der Waals surface area (Å²) in [7, 11) is -3.58. The summed E-state index contributed by atoms with van der Waals surface area (Å²) in [5, 5.41) is 3.26. The van der Waals surface area contributed by atoms with Gasteiger partial charge in [-0.1, -0.05) is 25.4 Å². The van der Waals surface area contributed by atoms with Crippen LogP contribution >= 0.6 is 11.6 Å². The van der Waals surface area contributed by atoms with Crippen molar-refractivity contribution in [1.29, 1.82) is 0 Å². The van der Waals surface area contributed by atoms with E-state index in [-0.39, 0.29) is 5.91 Å². The molecule has 0 fully saturated rings. The van der Waals surface area contributed by atoms with Gasteiger partial charge in [-0.25, -0.2) is 8.42 Å². The largest absolute Gasteiger partial charge is 0.354 e. The SMILES string of the molecule is CCCNC(=O)[C@@H](CC)N(c1ccc(Cl)cc1)S(C)(=O)=O. The number of carbonyl (C=O) groups is 1. The molecule has 0 saturated heterocycles. The van der Waals surface area contributed by atoms with E-state index in [0.717, 1.165) is 17.0 Å². The van der Waals surface area contributed by atoms with Crippen LogP contribution in [0.15, 0.2) is 24.3 Å². The summed E-state index contributed by atoms with van der Waals surface area (Å²) in [6, 6.07) is 5.63. The molecular weight excluding hydrogens is 312 g/mol. The molecule has 0 heterocycles. The maximum Gasteiger partial charge on any atom is 0.243 e. The van der Waals surface area contributed by atoms with Crippen molar-refractivity contribution in [2.24, 2.45) is 0 Å². The Kier molecular flexibility index (Phi) is 6.48. The van der Waals surface area contributed by atoms with E-state index >= 15 is 0 Å². The average Bonchev–Trinajstić information content (AvgIpc) is 2.42. The minimum Gasteiger partial charge on any atom is -0.354 e. The molecule has 1 rings (SSSR count). The van der Waals surface area contributed by atoms with Crippen molar-refractivity contribution in [3.63, 3.8) is 0 Å². The number of halogens is 1. The van der Waals surface area contributed by atoms with Crippen LogP contribution in [0.3, 0.4) is 0 Å². The molecule has 1 amide bonds. The highest BCUT2D eigenvalue weighted by atomic mass is 35.5. The standard InChI is InChI=1S/C14H21ClN2O3S/c1-4-10-16-14(18)13(5-2)17(21(3,19)20)12-8-6-11(15)7-9-12/h6-9,13H,4-5,10H2,1-3H3,(H,16,18)/t13-/m1/s1. The zero-order chi connectivity index (χ0) is 16.0. The number of nitrogens with zero attached hydrogens (tertiary/aromatic N) is 1. The van der Waals surface area contributed by atoms with E-state index < -0.39 is 16.1 Å². The first-order chi connectivity index (χ1) is 9.81. The lowest BCUT2D eigenvalue weighted by molar-refractivity contribution is -0.122. The Bertz CT molecular complexity index is 572. The molecule has 0 unspecified atom stereocenters. The number of anilines is 1. The molecule has 1 atom stereocenters. The van der Waals surface area contributed by atoms with Crippen LogP contribution in [0.4, 0.5) is 5.69 Å². The molecule has 0 aromatic heterocycles. The molecule has 21 heavy (non-hydrogen) atoms. The van der Waals surface area contributed by atoms with Crippen molar-refractivity contribution in [3.05, 3.63) is 29.3 Å². The monoisotopic (exact) mass is 332 g/mol. The van der Waals surface area contributed by atoms with Gasteiger partial charge in [0.1, 0.15) is 6.04 Å². The molecule has 1 aromatic rings. The Morgan fingerprint density at radius 2 is 1.86 bits per heavy atom. The first kappa shape index (κ1) is 17.8. The van der Waals surface area contributed by atoms with Gasteiger partial charge in [0.05, 0.1) is 11.9 Å². The van der Waals surface area contributed by atoms with E-state index in [9.17, 15) is 13.2 Å². The summed E-state index contributed by atoms with van der Waals surface area (Å²) in [5.41, 5.74) is 0.431. The fraction of sp³-hybridized carbons (Fsp3) is 0.500. The molecule has 0 aliphatic rings. The van der Waals surface area contributed by atoms with Crippen LogP contribution in [-0.2, 0) is 14.8 Å². The average molecular weight is 333 g/mol. The molecular formula is C14H21ClN2O3S. The number of carbonyl (C=O) groups excluding carboxylic acids is 1. The molecule has 0 aliphatic carbocycles. The van der Waals surface area contributed by atoms with E-state index in [2.05, 4.69) is 5.32 Å². The minimum atomic E-state index is -3.58. The lowest BCUT2D eigenvalue weighted by Crippen LogP contribution is -2.49. The second-order valence-corrected chi connectivity index (χ2v) is 7.05. The Labute approximate surface area is 131 Å². The number of hydrogen-bond acceptors (Lipinski definition) is 3. The van der Waals surface area contributed by atoms with Gasteiger partial charge in [0, 0.05) is 11.6 Å². The van der Waals surface area contributed by atoms with Crippen LogP contribution in [0.5, 0.6) is 0 Å². The van der Waals surface area contributed by atoms with Crippen LogP contribution in [0, 0.1) is 0 Å². The fourth-order valence-electron chi connectivity index (χ4n) is 2.01. The summed E-state index contributed by atoms with van der Waals surface area (Å²) < 4.78 is 25.4. The normalized spacial score (nSPS) is 12.8. The van der Waals surface area contributed by atoms with Crippen LogP contribution in [0.1, 0.15) is 26.7 Å². The van der Waals surface area contributed by atoms with Crippen LogP contribution < -0.4 is 9.62 Å². The molecule has 0 saturated carbocycles.